The summed E-state index contributed by atoms with van der Waals surface area (Å²) < 4.78 is 2.28. The van der Waals surface area contributed by atoms with Gasteiger partial charge in [-0.2, -0.15) is 0 Å². The van der Waals surface area contributed by atoms with Crippen LogP contribution >= 0.6 is 0 Å². The van der Waals surface area contributed by atoms with E-state index in [4.69, 9.17) is 0 Å². The van der Waals surface area contributed by atoms with Gasteiger partial charge in [-0.3, -0.25) is 4.79 Å². The summed E-state index contributed by atoms with van der Waals surface area (Å²) in [6.45, 7) is 12.3. The Morgan fingerprint density at radius 2 is 1.55 bits per heavy atom. The van der Waals surface area contributed by atoms with Crippen LogP contribution in [0.15, 0.2) is 18.2 Å². The molecule has 0 atom stereocenters. The molecular weight excluding hydrogens is 246 g/mol. The molecule has 2 nitrogen and oxygen atoms in total. The highest BCUT2D eigenvalue weighted by Crippen LogP contribution is 2.27. The largest absolute Gasteiger partial charge is 0.318 e. The Balaban J connectivity index is 2.65. The average molecular weight is 269 g/mol. The van der Waals surface area contributed by atoms with E-state index < -0.39 is 0 Å². The summed E-state index contributed by atoms with van der Waals surface area (Å²) in [6, 6.07) is 6.56. The molecular formula is C18H23NO. The predicted molar refractivity (Wildman–Crippen MR) is 83.8 cm³/mol. The number of hydrogen-bond donors (Lipinski definition) is 0. The fourth-order valence-corrected chi connectivity index (χ4v) is 3.15. The number of nitrogens with zero attached hydrogens (tertiary/aromatic N) is 1. The SMILES string of the molecule is CC(=O)Cc1cc(C)n(-c2c(C)cc(C)cc2C)c1C. The number of ketones is 1. The monoisotopic (exact) mass is 269 g/mol. The first-order chi connectivity index (χ1) is 9.31. The van der Waals surface area contributed by atoms with E-state index in [1.165, 1.54) is 33.8 Å². The zero-order valence-electron chi connectivity index (χ0n) is 13.3. The van der Waals surface area contributed by atoms with Gasteiger partial charge in [-0.1, -0.05) is 17.7 Å². The first-order valence-electron chi connectivity index (χ1n) is 7.06. The number of hydrogen-bond acceptors (Lipinski definition) is 1. The maximum atomic E-state index is 11.4. The van der Waals surface area contributed by atoms with E-state index in [0.29, 0.717) is 6.42 Å². The lowest BCUT2D eigenvalue weighted by atomic mass is 10.0. The van der Waals surface area contributed by atoms with Crippen LogP contribution in [0.5, 0.6) is 0 Å². The zero-order valence-corrected chi connectivity index (χ0v) is 13.3. The second-order valence-corrected chi connectivity index (χ2v) is 5.86. The molecule has 0 bridgehead atoms. The Morgan fingerprint density at radius 3 is 2.05 bits per heavy atom. The molecule has 1 aromatic carbocycles. The van der Waals surface area contributed by atoms with E-state index in [9.17, 15) is 4.79 Å². The lowest BCUT2D eigenvalue weighted by molar-refractivity contribution is -0.116. The third kappa shape index (κ3) is 2.55. The zero-order chi connectivity index (χ0) is 15.0. The molecule has 0 aliphatic heterocycles. The topological polar surface area (TPSA) is 22.0 Å². The first kappa shape index (κ1) is 14.6. The second kappa shape index (κ2) is 5.28. The highest BCUT2D eigenvalue weighted by Gasteiger charge is 2.15. The Bertz CT molecular complexity index is 654. The molecule has 0 unspecified atom stereocenters. The van der Waals surface area contributed by atoms with Crippen LogP contribution in [0.25, 0.3) is 5.69 Å². The van der Waals surface area contributed by atoms with Crippen LogP contribution in [0.2, 0.25) is 0 Å². The van der Waals surface area contributed by atoms with Crippen LogP contribution in [-0.2, 0) is 11.2 Å². The summed E-state index contributed by atoms with van der Waals surface area (Å²) in [4.78, 5) is 11.4. The van der Waals surface area contributed by atoms with E-state index in [1.54, 1.807) is 6.92 Å². The molecule has 0 saturated heterocycles. The summed E-state index contributed by atoms with van der Waals surface area (Å²) in [5.41, 5.74) is 8.59. The minimum absolute atomic E-state index is 0.211. The van der Waals surface area contributed by atoms with Crippen LogP contribution in [0, 0.1) is 34.6 Å². The quantitative estimate of drug-likeness (QED) is 0.820. The van der Waals surface area contributed by atoms with Gasteiger partial charge in [0.05, 0.1) is 5.69 Å². The molecule has 2 heteroatoms. The number of carbonyl (C=O) groups excluding carboxylic acids is 1. The Morgan fingerprint density at radius 1 is 1.00 bits per heavy atom. The molecule has 0 saturated carbocycles. The van der Waals surface area contributed by atoms with Gasteiger partial charge in [0.25, 0.3) is 0 Å². The Hall–Kier alpha value is -1.83. The molecule has 0 amide bonds. The van der Waals surface area contributed by atoms with Crippen molar-refractivity contribution in [2.45, 2.75) is 48.0 Å². The van der Waals surface area contributed by atoms with Crippen molar-refractivity contribution < 1.29 is 4.79 Å². The minimum Gasteiger partial charge on any atom is -0.318 e. The summed E-state index contributed by atoms with van der Waals surface area (Å²) in [6.07, 6.45) is 0.517. The molecule has 2 aromatic rings. The van der Waals surface area contributed by atoms with Gasteiger partial charge in [-0.25, -0.2) is 0 Å². The van der Waals surface area contributed by atoms with E-state index in [1.807, 2.05) is 0 Å². The standard InChI is InChI=1S/C18H23NO/c1-11-7-12(2)18(13(3)8-11)19-14(4)9-17(16(19)6)10-15(5)20/h7-9H,10H2,1-6H3. The summed E-state index contributed by atoms with van der Waals surface area (Å²) >= 11 is 0. The number of aromatic nitrogens is 1. The molecule has 0 aliphatic carbocycles. The van der Waals surface area contributed by atoms with Crippen molar-refractivity contribution >= 4 is 5.78 Å². The minimum atomic E-state index is 0.211. The molecule has 1 aromatic heterocycles. The summed E-state index contributed by atoms with van der Waals surface area (Å²) in [7, 11) is 0. The van der Waals surface area contributed by atoms with Crippen molar-refractivity contribution in [2.75, 3.05) is 0 Å². The Kier molecular flexibility index (Phi) is 3.85. The molecule has 1 heterocycles. The van der Waals surface area contributed by atoms with Crippen LogP contribution in [0.3, 0.4) is 0 Å². The summed E-state index contributed by atoms with van der Waals surface area (Å²) in [5, 5.41) is 0. The Labute approximate surface area is 121 Å². The van der Waals surface area contributed by atoms with Gasteiger partial charge in [-0.15, -0.1) is 0 Å². The number of Topliss-reactive ketones (excluding diaryl/α,β-unsaturated/α-hetero) is 1. The third-order valence-electron chi connectivity index (χ3n) is 3.83. The van der Waals surface area contributed by atoms with Crippen LogP contribution in [0.1, 0.15) is 40.6 Å². The molecule has 0 aliphatic rings. The maximum absolute atomic E-state index is 11.4. The van der Waals surface area contributed by atoms with Crippen molar-refractivity contribution in [3.05, 3.63) is 51.8 Å². The van der Waals surface area contributed by atoms with Crippen molar-refractivity contribution in [3.8, 4) is 5.69 Å². The van der Waals surface area contributed by atoms with Gasteiger partial charge in [0.1, 0.15) is 5.78 Å². The number of aryl methyl sites for hydroxylation is 4. The molecule has 20 heavy (non-hydrogen) atoms. The van der Waals surface area contributed by atoms with Crippen molar-refractivity contribution in [2.24, 2.45) is 0 Å². The van der Waals surface area contributed by atoms with E-state index in [2.05, 4.69) is 57.4 Å². The average Bonchev–Trinajstić information content (AvgIpc) is 2.54. The van der Waals surface area contributed by atoms with Crippen LogP contribution in [0.4, 0.5) is 0 Å². The van der Waals surface area contributed by atoms with Gasteiger partial charge in [-0.05, 0) is 64.3 Å². The van der Waals surface area contributed by atoms with Crippen LogP contribution < -0.4 is 0 Å². The molecule has 0 N–H and O–H groups in total. The number of carbonyl (C=O) groups is 1. The highest BCUT2D eigenvalue weighted by atomic mass is 16.1. The van der Waals surface area contributed by atoms with Gasteiger partial charge >= 0.3 is 0 Å². The number of benzene rings is 1. The summed E-state index contributed by atoms with van der Waals surface area (Å²) in [5.74, 6) is 0.211. The highest BCUT2D eigenvalue weighted by molar-refractivity contribution is 5.78. The fourth-order valence-electron chi connectivity index (χ4n) is 3.15. The van der Waals surface area contributed by atoms with Gasteiger partial charge in [0.15, 0.2) is 0 Å². The first-order valence-corrected chi connectivity index (χ1v) is 7.06. The molecule has 106 valence electrons. The van der Waals surface area contributed by atoms with Crippen molar-refractivity contribution in [1.82, 2.24) is 4.57 Å². The predicted octanol–water partition coefficient (Wildman–Crippen LogP) is 4.15. The van der Waals surface area contributed by atoms with E-state index >= 15 is 0 Å². The van der Waals surface area contributed by atoms with Crippen molar-refractivity contribution in [3.63, 3.8) is 0 Å². The van der Waals surface area contributed by atoms with Gasteiger partial charge < -0.3 is 4.57 Å². The second-order valence-electron chi connectivity index (χ2n) is 5.86. The van der Waals surface area contributed by atoms with Crippen LogP contribution in [-0.4, -0.2) is 10.4 Å². The molecule has 2 rings (SSSR count). The maximum Gasteiger partial charge on any atom is 0.134 e. The lowest BCUT2D eigenvalue weighted by Crippen LogP contribution is -2.05. The lowest BCUT2D eigenvalue weighted by Gasteiger charge is -2.17. The van der Waals surface area contributed by atoms with Gasteiger partial charge in [0.2, 0.25) is 0 Å². The molecule has 0 radical (unpaired) electrons. The molecule has 0 spiro atoms. The normalized spacial score (nSPS) is 10.9. The molecule has 0 fully saturated rings. The smallest absolute Gasteiger partial charge is 0.134 e. The fraction of sp³-hybridized carbons (Fsp3) is 0.389. The van der Waals surface area contributed by atoms with E-state index in [-0.39, 0.29) is 5.78 Å². The third-order valence-corrected chi connectivity index (χ3v) is 3.83. The van der Waals surface area contributed by atoms with Gasteiger partial charge in [0, 0.05) is 17.8 Å². The number of rotatable bonds is 3. The van der Waals surface area contributed by atoms with Crippen molar-refractivity contribution in [1.29, 1.82) is 0 Å². The van der Waals surface area contributed by atoms with E-state index in [0.717, 1.165) is 5.56 Å².